The Morgan fingerprint density at radius 3 is 1.73 bits per heavy atom. The molecular weight excluding hydrogens is 204 g/mol. The van der Waals surface area contributed by atoms with Gasteiger partial charge in [0.05, 0.1) is 0 Å². The normalized spacial score (nSPS) is 10.7. The maximum atomic E-state index is 4.55. The number of aromatic nitrogens is 10. The Hall–Kier alpha value is -2.72. The average Bonchev–Trinajstić information content (AvgIpc) is 3.01. The van der Waals surface area contributed by atoms with Gasteiger partial charge in [-0.05, 0) is 20.7 Å². The molecule has 0 saturated heterocycles. The van der Waals surface area contributed by atoms with Gasteiger partial charge in [-0.3, -0.25) is 0 Å². The van der Waals surface area contributed by atoms with E-state index in [4.69, 9.17) is 0 Å². The van der Waals surface area contributed by atoms with Crippen LogP contribution < -0.4 is 0 Å². The lowest BCUT2D eigenvalue weighted by Crippen LogP contribution is -1.88. The van der Waals surface area contributed by atoms with Crippen LogP contribution in [0.15, 0.2) is 4.63 Å². The average molecular weight is 206 g/mol. The molecule has 0 radical (unpaired) electrons. The van der Waals surface area contributed by atoms with E-state index in [2.05, 4.69) is 56.2 Å². The molecule has 0 spiro atoms. The summed E-state index contributed by atoms with van der Waals surface area (Å²) in [6.07, 6.45) is 0. The van der Waals surface area contributed by atoms with Crippen molar-refractivity contribution in [2.45, 2.75) is 0 Å². The van der Waals surface area contributed by atoms with Gasteiger partial charge in [-0.15, -0.1) is 20.4 Å². The summed E-state index contributed by atoms with van der Waals surface area (Å²) >= 11 is 0. The molecule has 11 nitrogen and oxygen atoms in total. The molecule has 0 saturated carbocycles. The predicted molar refractivity (Wildman–Crippen MR) is 40.6 cm³/mol. The maximum absolute atomic E-state index is 4.55. The van der Waals surface area contributed by atoms with Crippen molar-refractivity contribution in [3.05, 3.63) is 0 Å². The molecule has 3 heterocycles. The van der Waals surface area contributed by atoms with E-state index in [1.165, 1.54) is 0 Å². The Bertz CT molecular complexity index is 487. The molecule has 0 unspecified atom stereocenters. The minimum absolute atomic E-state index is 0.246. The van der Waals surface area contributed by atoms with Gasteiger partial charge in [0.1, 0.15) is 0 Å². The third-order valence-electron chi connectivity index (χ3n) is 1.60. The number of aromatic amines is 2. The maximum Gasteiger partial charge on any atom is 0.229 e. The lowest BCUT2D eigenvalue weighted by molar-refractivity contribution is 0.309. The van der Waals surface area contributed by atoms with Crippen molar-refractivity contribution in [3.63, 3.8) is 0 Å². The molecule has 11 heteroatoms. The van der Waals surface area contributed by atoms with Crippen molar-refractivity contribution >= 4 is 0 Å². The van der Waals surface area contributed by atoms with Gasteiger partial charge in [0.2, 0.25) is 11.6 Å². The summed E-state index contributed by atoms with van der Waals surface area (Å²) in [6.45, 7) is 0. The van der Waals surface area contributed by atoms with Crippen LogP contribution in [0.3, 0.4) is 0 Å². The van der Waals surface area contributed by atoms with Crippen LogP contribution in [0.2, 0.25) is 0 Å². The van der Waals surface area contributed by atoms with Gasteiger partial charge in [0, 0.05) is 0 Å². The Balaban J connectivity index is 2.15. The van der Waals surface area contributed by atoms with Crippen LogP contribution in [0.1, 0.15) is 0 Å². The van der Waals surface area contributed by atoms with E-state index >= 15 is 0 Å². The minimum atomic E-state index is 0.246. The summed E-state index contributed by atoms with van der Waals surface area (Å²) in [7, 11) is 0. The summed E-state index contributed by atoms with van der Waals surface area (Å²) in [6, 6.07) is 0. The first-order valence-corrected chi connectivity index (χ1v) is 3.75. The third-order valence-corrected chi connectivity index (χ3v) is 1.60. The van der Waals surface area contributed by atoms with Gasteiger partial charge < -0.3 is 0 Å². The first-order valence-electron chi connectivity index (χ1n) is 3.75. The molecule has 15 heavy (non-hydrogen) atoms. The number of nitrogens with zero attached hydrogens (tertiary/aromatic N) is 8. The number of nitrogens with one attached hydrogen (secondary N) is 2. The van der Waals surface area contributed by atoms with Crippen LogP contribution in [0, 0.1) is 0 Å². The van der Waals surface area contributed by atoms with Crippen molar-refractivity contribution in [2.24, 2.45) is 0 Å². The van der Waals surface area contributed by atoms with Crippen LogP contribution in [-0.2, 0) is 0 Å². The van der Waals surface area contributed by atoms with Crippen molar-refractivity contribution < 1.29 is 4.63 Å². The lowest BCUT2D eigenvalue weighted by atomic mass is 10.3. The topological polar surface area (TPSA) is 148 Å². The highest BCUT2D eigenvalue weighted by Gasteiger charge is 2.20. The summed E-state index contributed by atoms with van der Waals surface area (Å²) < 4.78 is 4.55. The standard InChI is InChI=1S/C4H2N10O/c5-3(6-12-11-5)1-2(10-15-9-1)4-7-13-14-8-4/h(H,5,6,11,12)(H,7,8,13,14). The second-order valence-electron chi connectivity index (χ2n) is 2.43. The number of hydrogen-bond donors (Lipinski definition) is 2. The fourth-order valence-electron chi connectivity index (χ4n) is 1.01. The van der Waals surface area contributed by atoms with Crippen LogP contribution in [-0.4, -0.2) is 51.6 Å². The molecule has 3 aromatic rings. The summed E-state index contributed by atoms with van der Waals surface area (Å²) in [5.41, 5.74) is 0.593. The highest BCUT2D eigenvalue weighted by Crippen LogP contribution is 2.21. The number of H-pyrrole nitrogens is 2. The number of hydrogen-bond acceptors (Lipinski definition) is 9. The fourth-order valence-corrected chi connectivity index (χ4v) is 1.01. The molecular formula is C4H2N10O. The van der Waals surface area contributed by atoms with E-state index in [-0.39, 0.29) is 11.6 Å². The van der Waals surface area contributed by atoms with Gasteiger partial charge in [0.15, 0.2) is 11.4 Å². The SMILES string of the molecule is n1nc(-c2nonc2-c2nn[nH]n2)n[nH]1. The van der Waals surface area contributed by atoms with Crippen molar-refractivity contribution in [2.75, 3.05) is 0 Å². The van der Waals surface area contributed by atoms with E-state index in [1.807, 2.05) is 0 Å². The van der Waals surface area contributed by atoms with Crippen molar-refractivity contribution in [3.8, 4) is 23.0 Å². The summed E-state index contributed by atoms with van der Waals surface area (Å²) in [5.74, 6) is 0.493. The molecule has 2 N–H and O–H groups in total. The van der Waals surface area contributed by atoms with E-state index in [1.54, 1.807) is 0 Å². The van der Waals surface area contributed by atoms with Gasteiger partial charge in [-0.2, -0.15) is 10.4 Å². The first-order chi connectivity index (χ1) is 7.45. The molecule has 0 atom stereocenters. The second-order valence-corrected chi connectivity index (χ2v) is 2.43. The fraction of sp³-hybridized carbons (Fsp3) is 0. The Morgan fingerprint density at radius 2 is 1.33 bits per heavy atom. The second kappa shape index (κ2) is 2.90. The van der Waals surface area contributed by atoms with Crippen LogP contribution >= 0.6 is 0 Å². The monoisotopic (exact) mass is 206 g/mol. The predicted octanol–water partition coefficient (Wildman–Crippen LogP) is -1.57. The molecule has 0 aliphatic rings. The van der Waals surface area contributed by atoms with Gasteiger partial charge >= 0.3 is 0 Å². The Kier molecular flexibility index (Phi) is 1.48. The number of rotatable bonds is 2. The summed E-state index contributed by atoms with van der Waals surface area (Å²) in [4.78, 5) is 0. The summed E-state index contributed by atoms with van der Waals surface area (Å²) in [5, 5.41) is 33.5. The van der Waals surface area contributed by atoms with E-state index < -0.39 is 0 Å². The minimum Gasteiger partial charge on any atom is -0.243 e. The smallest absolute Gasteiger partial charge is 0.229 e. The van der Waals surface area contributed by atoms with Crippen LogP contribution in [0.25, 0.3) is 23.0 Å². The highest BCUT2D eigenvalue weighted by atomic mass is 16.6. The van der Waals surface area contributed by atoms with Gasteiger partial charge in [-0.1, -0.05) is 0 Å². The molecule has 3 rings (SSSR count). The van der Waals surface area contributed by atoms with Crippen LogP contribution in [0.4, 0.5) is 0 Å². The van der Waals surface area contributed by atoms with E-state index in [0.717, 1.165) is 0 Å². The molecule has 3 aromatic heterocycles. The Morgan fingerprint density at radius 1 is 0.800 bits per heavy atom. The zero-order chi connectivity index (χ0) is 10.1. The lowest BCUT2D eigenvalue weighted by Gasteiger charge is -1.85. The molecule has 0 aliphatic heterocycles. The zero-order valence-corrected chi connectivity index (χ0v) is 6.99. The quantitative estimate of drug-likeness (QED) is 0.506. The van der Waals surface area contributed by atoms with Crippen molar-refractivity contribution in [1.29, 1.82) is 0 Å². The van der Waals surface area contributed by atoms with E-state index in [0.29, 0.717) is 11.4 Å². The van der Waals surface area contributed by atoms with Gasteiger partial charge in [0.25, 0.3) is 0 Å². The largest absolute Gasteiger partial charge is 0.243 e. The molecule has 0 aromatic carbocycles. The van der Waals surface area contributed by atoms with Gasteiger partial charge in [-0.25, -0.2) is 4.63 Å². The first kappa shape index (κ1) is 7.66. The molecule has 0 bridgehead atoms. The number of tetrazole rings is 2. The molecule has 0 fully saturated rings. The Labute approximate surface area is 80.2 Å². The molecule has 0 amide bonds. The highest BCUT2D eigenvalue weighted by molar-refractivity contribution is 5.67. The molecule has 0 aliphatic carbocycles. The third kappa shape index (κ3) is 1.13. The van der Waals surface area contributed by atoms with Crippen molar-refractivity contribution in [1.82, 2.24) is 51.6 Å². The zero-order valence-electron chi connectivity index (χ0n) is 6.99. The van der Waals surface area contributed by atoms with E-state index in [9.17, 15) is 0 Å². The molecule has 74 valence electrons. The van der Waals surface area contributed by atoms with Crippen LogP contribution in [0.5, 0.6) is 0 Å².